The van der Waals surface area contributed by atoms with Crippen molar-refractivity contribution in [2.45, 2.75) is 26.7 Å². The molecular weight excluding hydrogens is 356 g/mol. The van der Waals surface area contributed by atoms with Gasteiger partial charge in [-0.25, -0.2) is 8.78 Å². The molecule has 2 rings (SSSR count). The summed E-state index contributed by atoms with van der Waals surface area (Å²) in [6, 6.07) is 2.87. The van der Waals surface area contributed by atoms with E-state index >= 15 is 0 Å². The van der Waals surface area contributed by atoms with Gasteiger partial charge in [-0.05, 0) is 25.0 Å². The lowest BCUT2D eigenvalue weighted by atomic mass is 9.95. The summed E-state index contributed by atoms with van der Waals surface area (Å²) < 4.78 is 26.7. The van der Waals surface area contributed by atoms with Crippen molar-refractivity contribution in [3.8, 4) is 0 Å². The summed E-state index contributed by atoms with van der Waals surface area (Å²) in [6.07, 6.45) is 0.942. The minimum Gasteiger partial charge on any atom is -0.354 e. The van der Waals surface area contributed by atoms with E-state index in [1.165, 1.54) is 4.90 Å². The molecular formula is C19H25F2N3O3. The van der Waals surface area contributed by atoms with Crippen LogP contribution in [0.15, 0.2) is 18.2 Å². The second kappa shape index (κ2) is 9.43. The molecule has 1 saturated heterocycles. The van der Waals surface area contributed by atoms with Crippen LogP contribution in [-0.4, -0.2) is 48.8 Å². The number of likely N-dealkylation sites (tertiary alicyclic amines) is 1. The second-order valence-corrected chi connectivity index (χ2v) is 6.93. The minimum absolute atomic E-state index is 0.0657. The van der Waals surface area contributed by atoms with Gasteiger partial charge >= 0.3 is 0 Å². The summed E-state index contributed by atoms with van der Waals surface area (Å²) in [5, 5.41) is 5.50. The third kappa shape index (κ3) is 5.74. The fraction of sp³-hybridized carbons (Fsp3) is 0.526. The van der Waals surface area contributed by atoms with Gasteiger partial charge in [0.2, 0.25) is 11.8 Å². The lowest BCUT2D eigenvalue weighted by Gasteiger charge is -2.31. The van der Waals surface area contributed by atoms with Gasteiger partial charge in [-0.15, -0.1) is 0 Å². The Bertz CT molecular complexity index is 701. The Hall–Kier alpha value is -2.51. The Labute approximate surface area is 157 Å². The van der Waals surface area contributed by atoms with E-state index in [0.717, 1.165) is 12.1 Å². The number of benzene rings is 1. The van der Waals surface area contributed by atoms with Crippen LogP contribution in [0.2, 0.25) is 0 Å². The highest BCUT2D eigenvalue weighted by Crippen LogP contribution is 2.20. The van der Waals surface area contributed by atoms with E-state index in [1.54, 1.807) is 13.8 Å². The Kier molecular flexibility index (Phi) is 7.27. The average molecular weight is 381 g/mol. The van der Waals surface area contributed by atoms with Gasteiger partial charge in [0.15, 0.2) is 0 Å². The van der Waals surface area contributed by atoms with Crippen LogP contribution in [0.3, 0.4) is 0 Å². The highest BCUT2D eigenvalue weighted by Gasteiger charge is 2.28. The summed E-state index contributed by atoms with van der Waals surface area (Å²) in [4.78, 5) is 37.5. The molecule has 3 amide bonds. The van der Waals surface area contributed by atoms with Gasteiger partial charge in [0.05, 0.1) is 5.56 Å². The zero-order valence-electron chi connectivity index (χ0n) is 15.6. The van der Waals surface area contributed by atoms with Crippen molar-refractivity contribution in [1.82, 2.24) is 15.5 Å². The van der Waals surface area contributed by atoms with E-state index < -0.39 is 17.5 Å². The molecule has 0 aliphatic carbocycles. The Morgan fingerprint density at radius 3 is 2.33 bits per heavy atom. The molecule has 0 spiro atoms. The fourth-order valence-electron chi connectivity index (χ4n) is 2.90. The van der Waals surface area contributed by atoms with Crippen LogP contribution in [0.1, 0.15) is 37.0 Å². The first-order chi connectivity index (χ1) is 12.8. The second-order valence-electron chi connectivity index (χ2n) is 6.93. The van der Waals surface area contributed by atoms with E-state index in [2.05, 4.69) is 10.6 Å². The highest BCUT2D eigenvalue weighted by molar-refractivity contribution is 5.94. The molecule has 2 N–H and O–H groups in total. The monoisotopic (exact) mass is 381 g/mol. The van der Waals surface area contributed by atoms with Crippen molar-refractivity contribution >= 4 is 17.7 Å². The molecule has 1 aliphatic heterocycles. The molecule has 1 aromatic carbocycles. The quantitative estimate of drug-likeness (QED) is 0.737. The number of carbonyl (C=O) groups is 3. The molecule has 6 nitrogen and oxygen atoms in total. The number of hydrogen-bond acceptors (Lipinski definition) is 3. The smallest absolute Gasteiger partial charge is 0.256 e. The number of halogens is 2. The van der Waals surface area contributed by atoms with Crippen molar-refractivity contribution in [1.29, 1.82) is 0 Å². The normalized spacial score (nSPS) is 14.9. The largest absolute Gasteiger partial charge is 0.354 e. The van der Waals surface area contributed by atoms with Crippen LogP contribution in [0.25, 0.3) is 0 Å². The highest BCUT2D eigenvalue weighted by atomic mass is 19.1. The molecule has 1 heterocycles. The Morgan fingerprint density at radius 2 is 1.74 bits per heavy atom. The maximum atomic E-state index is 13.8. The predicted molar refractivity (Wildman–Crippen MR) is 95.8 cm³/mol. The number of piperidine rings is 1. The molecule has 1 aromatic rings. The first kappa shape index (κ1) is 20.8. The zero-order chi connectivity index (χ0) is 20.0. The van der Waals surface area contributed by atoms with Crippen LogP contribution < -0.4 is 10.6 Å². The molecule has 0 bridgehead atoms. The molecule has 0 unspecified atom stereocenters. The van der Waals surface area contributed by atoms with Gasteiger partial charge in [-0.2, -0.15) is 0 Å². The maximum Gasteiger partial charge on any atom is 0.256 e. The molecule has 0 saturated carbocycles. The van der Waals surface area contributed by atoms with Crippen LogP contribution in [-0.2, 0) is 9.59 Å². The number of nitrogens with one attached hydrogen (secondary N) is 2. The molecule has 8 heteroatoms. The maximum absolute atomic E-state index is 13.8. The van der Waals surface area contributed by atoms with Gasteiger partial charge in [-0.1, -0.05) is 13.8 Å². The van der Waals surface area contributed by atoms with Crippen LogP contribution >= 0.6 is 0 Å². The lowest BCUT2D eigenvalue weighted by Crippen LogP contribution is -2.44. The molecule has 1 fully saturated rings. The Balaban J connectivity index is 1.76. The SMILES string of the molecule is CC(C)C(=O)NCCNC(=O)C1CCN(C(=O)c2ccc(F)cc2F)CC1. The van der Waals surface area contributed by atoms with Crippen molar-refractivity contribution < 1.29 is 23.2 Å². The molecule has 27 heavy (non-hydrogen) atoms. The van der Waals surface area contributed by atoms with Crippen molar-refractivity contribution in [2.24, 2.45) is 11.8 Å². The van der Waals surface area contributed by atoms with E-state index in [4.69, 9.17) is 0 Å². The van der Waals surface area contributed by atoms with Crippen LogP contribution in [0, 0.1) is 23.5 Å². The van der Waals surface area contributed by atoms with E-state index in [1.807, 2.05) is 0 Å². The lowest BCUT2D eigenvalue weighted by molar-refractivity contribution is -0.127. The number of nitrogens with zero attached hydrogens (tertiary/aromatic N) is 1. The van der Waals surface area contributed by atoms with E-state index in [0.29, 0.717) is 45.1 Å². The first-order valence-corrected chi connectivity index (χ1v) is 9.09. The third-order valence-electron chi connectivity index (χ3n) is 4.56. The van der Waals surface area contributed by atoms with Crippen molar-refractivity contribution in [3.63, 3.8) is 0 Å². The fourth-order valence-corrected chi connectivity index (χ4v) is 2.90. The average Bonchev–Trinajstić information content (AvgIpc) is 2.64. The summed E-state index contributed by atoms with van der Waals surface area (Å²) in [6.45, 7) is 4.96. The van der Waals surface area contributed by atoms with Crippen molar-refractivity contribution in [3.05, 3.63) is 35.4 Å². The molecule has 0 atom stereocenters. The standard InChI is InChI=1S/C19H25F2N3O3/c1-12(2)17(25)22-7-8-23-18(26)13-5-9-24(10-6-13)19(27)15-4-3-14(20)11-16(15)21/h3-4,11-13H,5-10H2,1-2H3,(H,22,25)(H,23,26). The van der Waals surface area contributed by atoms with Crippen molar-refractivity contribution in [2.75, 3.05) is 26.2 Å². The zero-order valence-corrected chi connectivity index (χ0v) is 15.6. The number of hydrogen-bond donors (Lipinski definition) is 2. The van der Waals surface area contributed by atoms with E-state index in [-0.39, 0.29) is 29.2 Å². The molecule has 1 aliphatic rings. The van der Waals surface area contributed by atoms with Gasteiger partial charge in [-0.3, -0.25) is 14.4 Å². The third-order valence-corrected chi connectivity index (χ3v) is 4.56. The summed E-state index contributed by atoms with van der Waals surface area (Å²) in [5.74, 6) is -2.63. The number of amides is 3. The number of rotatable bonds is 6. The minimum atomic E-state index is -0.886. The van der Waals surface area contributed by atoms with Crippen LogP contribution in [0.5, 0.6) is 0 Å². The van der Waals surface area contributed by atoms with E-state index in [9.17, 15) is 23.2 Å². The predicted octanol–water partition coefficient (Wildman–Crippen LogP) is 1.71. The summed E-state index contributed by atoms with van der Waals surface area (Å²) >= 11 is 0. The molecule has 0 radical (unpaired) electrons. The molecule has 148 valence electrons. The molecule has 0 aromatic heterocycles. The summed E-state index contributed by atoms with van der Waals surface area (Å²) in [7, 11) is 0. The van der Waals surface area contributed by atoms with Gasteiger partial charge in [0.25, 0.3) is 5.91 Å². The van der Waals surface area contributed by atoms with Gasteiger partial charge < -0.3 is 15.5 Å². The van der Waals surface area contributed by atoms with Crippen LogP contribution in [0.4, 0.5) is 8.78 Å². The van der Waals surface area contributed by atoms with Gasteiger partial charge in [0.1, 0.15) is 11.6 Å². The Morgan fingerprint density at radius 1 is 1.11 bits per heavy atom. The number of carbonyl (C=O) groups excluding carboxylic acids is 3. The summed E-state index contributed by atoms with van der Waals surface area (Å²) in [5.41, 5.74) is -0.166. The first-order valence-electron chi connectivity index (χ1n) is 9.09. The topological polar surface area (TPSA) is 78.5 Å². The van der Waals surface area contributed by atoms with Gasteiger partial charge in [0, 0.05) is 44.1 Å².